The van der Waals surface area contributed by atoms with Crippen LogP contribution in [0.3, 0.4) is 0 Å². The molecule has 0 saturated carbocycles. The topological polar surface area (TPSA) is 86.3 Å². The second-order valence-corrected chi connectivity index (χ2v) is 6.47. The zero-order chi connectivity index (χ0) is 21.5. The van der Waals surface area contributed by atoms with Gasteiger partial charge in [0.05, 0.1) is 31.5 Å². The first kappa shape index (κ1) is 21.0. The van der Waals surface area contributed by atoms with Crippen LogP contribution in [0, 0.1) is 0 Å². The fourth-order valence-electron chi connectivity index (χ4n) is 3.22. The lowest BCUT2D eigenvalue weighted by molar-refractivity contribution is -0.130. The minimum Gasteiger partial charge on any atom is -0.493 e. The zero-order valence-electron chi connectivity index (χ0n) is 17.1. The third-order valence-electron chi connectivity index (χ3n) is 4.72. The van der Waals surface area contributed by atoms with Crippen LogP contribution in [0.5, 0.6) is 17.2 Å². The van der Waals surface area contributed by atoms with Crippen molar-refractivity contribution in [3.63, 3.8) is 0 Å². The maximum Gasteiger partial charge on any atom is 0.320 e. The molecule has 1 N–H and O–H groups in total. The average Bonchev–Trinajstić information content (AvgIpc) is 2.78. The van der Waals surface area contributed by atoms with E-state index in [4.69, 9.17) is 19.0 Å². The van der Waals surface area contributed by atoms with Gasteiger partial charge in [0.15, 0.2) is 17.3 Å². The van der Waals surface area contributed by atoms with Gasteiger partial charge in [0.25, 0.3) is 0 Å². The predicted octanol–water partition coefficient (Wildman–Crippen LogP) is 2.74. The monoisotopic (exact) mass is 412 g/mol. The van der Waals surface area contributed by atoms with Crippen molar-refractivity contribution in [2.75, 3.05) is 32.4 Å². The molecule has 1 heterocycles. The van der Waals surface area contributed by atoms with Crippen molar-refractivity contribution in [2.24, 2.45) is 0 Å². The van der Waals surface area contributed by atoms with Crippen molar-refractivity contribution in [3.8, 4) is 17.2 Å². The molecule has 1 aliphatic rings. The molecule has 2 aromatic carbocycles. The third kappa shape index (κ3) is 4.32. The number of hydrogen-bond acceptors (Lipinski definition) is 8. The highest BCUT2D eigenvalue weighted by atomic mass is 16.7. The first-order valence-electron chi connectivity index (χ1n) is 9.42. The number of nitrogens with zero attached hydrogens (tertiary/aromatic N) is 1. The molecule has 0 amide bonds. The van der Waals surface area contributed by atoms with E-state index in [1.165, 1.54) is 19.3 Å². The number of nitrogens with one attached hydrogen (secondary N) is 1. The molecule has 0 bridgehead atoms. The molecule has 1 aliphatic heterocycles. The largest absolute Gasteiger partial charge is 0.493 e. The molecule has 8 heteroatoms. The Hall–Kier alpha value is -3.68. The van der Waals surface area contributed by atoms with Crippen LogP contribution in [0.15, 0.2) is 54.2 Å². The lowest BCUT2D eigenvalue weighted by Crippen LogP contribution is -2.42. The van der Waals surface area contributed by atoms with Gasteiger partial charge in [-0.25, -0.2) is 0 Å². The van der Waals surface area contributed by atoms with Crippen LogP contribution in [0.4, 0.5) is 5.69 Å². The number of para-hydroxylation sites is 1. The van der Waals surface area contributed by atoms with Crippen molar-refractivity contribution in [1.82, 2.24) is 5.32 Å². The number of Topliss-reactive ketones (excluding diaryl/α,β-unsaturated/α-hetero) is 1. The summed E-state index contributed by atoms with van der Waals surface area (Å²) in [6.07, 6.45) is 1.63. The van der Waals surface area contributed by atoms with Crippen LogP contribution >= 0.6 is 0 Å². The minimum absolute atomic E-state index is 0.194. The van der Waals surface area contributed by atoms with Gasteiger partial charge in [0.1, 0.15) is 12.4 Å². The summed E-state index contributed by atoms with van der Waals surface area (Å²) in [5.74, 6) is 1.42. The number of carbonyl (C=O) groups excluding carboxylic acids is 2. The van der Waals surface area contributed by atoms with Gasteiger partial charge in [-0.05, 0) is 25.1 Å². The number of anilines is 1. The summed E-state index contributed by atoms with van der Waals surface area (Å²) in [6.45, 7) is 3.01. The average molecular weight is 412 g/mol. The first-order valence-corrected chi connectivity index (χ1v) is 9.42. The summed E-state index contributed by atoms with van der Waals surface area (Å²) in [5.41, 5.74) is 1.22. The molecule has 1 atom stereocenters. The fourth-order valence-corrected chi connectivity index (χ4v) is 3.22. The Morgan fingerprint density at radius 2 is 1.80 bits per heavy atom. The van der Waals surface area contributed by atoms with Crippen molar-refractivity contribution in [2.45, 2.75) is 13.0 Å². The molecule has 0 fully saturated rings. The van der Waals surface area contributed by atoms with E-state index in [9.17, 15) is 9.59 Å². The normalized spacial score (nSPS) is 16.6. The lowest BCUT2D eigenvalue weighted by atomic mass is 9.92. The van der Waals surface area contributed by atoms with Crippen LogP contribution in [0.2, 0.25) is 0 Å². The van der Waals surface area contributed by atoms with Crippen molar-refractivity contribution >= 4 is 17.9 Å². The van der Waals surface area contributed by atoms with E-state index in [1.54, 1.807) is 25.3 Å². The molecule has 0 aliphatic carbocycles. The Morgan fingerprint density at radius 3 is 2.47 bits per heavy atom. The highest BCUT2D eigenvalue weighted by Crippen LogP contribution is 2.40. The van der Waals surface area contributed by atoms with Crippen molar-refractivity contribution in [1.29, 1.82) is 0 Å². The fraction of sp³-hybridized carbons (Fsp3) is 0.273. The second kappa shape index (κ2) is 9.69. The Morgan fingerprint density at radius 1 is 1.10 bits per heavy atom. The smallest absolute Gasteiger partial charge is 0.320 e. The van der Waals surface area contributed by atoms with E-state index in [-0.39, 0.29) is 5.78 Å². The van der Waals surface area contributed by atoms with Gasteiger partial charge in [-0.1, -0.05) is 18.2 Å². The zero-order valence-corrected chi connectivity index (χ0v) is 17.1. The van der Waals surface area contributed by atoms with Crippen LogP contribution in [-0.4, -0.2) is 45.7 Å². The molecule has 0 spiro atoms. The van der Waals surface area contributed by atoms with Crippen LogP contribution < -0.4 is 24.6 Å². The van der Waals surface area contributed by atoms with Gasteiger partial charge < -0.3 is 24.4 Å². The van der Waals surface area contributed by atoms with Gasteiger partial charge in [-0.3, -0.25) is 9.59 Å². The van der Waals surface area contributed by atoms with Gasteiger partial charge in [0, 0.05) is 24.4 Å². The van der Waals surface area contributed by atoms with Crippen LogP contribution in [0.1, 0.15) is 17.3 Å². The van der Waals surface area contributed by atoms with Crippen LogP contribution in [0.25, 0.3) is 0 Å². The predicted molar refractivity (Wildman–Crippen MR) is 111 cm³/mol. The number of carbonyl (C=O) groups is 2. The third-order valence-corrected chi connectivity index (χ3v) is 4.72. The van der Waals surface area contributed by atoms with E-state index in [0.29, 0.717) is 47.9 Å². The quantitative estimate of drug-likeness (QED) is 0.382. The first-order chi connectivity index (χ1) is 14.6. The SMILES string of the molecule is COc1cc2c(cc1OC)N(OC=O)C(C)C(=CNCCOc1ccccc1)C2=O. The highest BCUT2D eigenvalue weighted by molar-refractivity contribution is 6.15. The Kier molecular flexibility index (Phi) is 6.79. The Balaban J connectivity index is 1.79. The number of fused-ring (bicyclic) bond motifs is 1. The molecule has 30 heavy (non-hydrogen) atoms. The number of hydrogen-bond donors (Lipinski definition) is 1. The van der Waals surface area contributed by atoms with E-state index in [0.717, 1.165) is 5.75 Å². The number of rotatable bonds is 9. The standard InChI is InChI=1S/C22H24N2O6/c1-15-18(13-23-9-10-29-16-7-5-4-6-8-16)22(26)17-11-20(27-2)21(28-3)12-19(17)24(15)30-14-25/h4-8,11-15,23H,9-10H2,1-3H3. The van der Waals surface area contributed by atoms with Crippen molar-refractivity contribution < 1.29 is 28.6 Å². The van der Waals surface area contributed by atoms with Crippen LogP contribution in [-0.2, 0) is 9.63 Å². The number of ether oxygens (including phenoxy) is 3. The summed E-state index contributed by atoms with van der Waals surface area (Å²) < 4.78 is 16.2. The van der Waals surface area contributed by atoms with Gasteiger partial charge in [-0.2, -0.15) is 5.06 Å². The van der Waals surface area contributed by atoms with Gasteiger partial charge in [-0.15, -0.1) is 0 Å². The second-order valence-electron chi connectivity index (χ2n) is 6.47. The summed E-state index contributed by atoms with van der Waals surface area (Å²) >= 11 is 0. The van der Waals surface area contributed by atoms with Gasteiger partial charge in [0.2, 0.25) is 0 Å². The molecule has 8 nitrogen and oxygen atoms in total. The van der Waals surface area contributed by atoms with E-state index in [2.05, 4.69) is 5.32 Å². The van der Waals surface area contributed by atoms with E-state index >= 15 is 0 Å². The number of benzene rings is 2. The molecule has 1 unspecified atom stereocenters. The molecule has 0 saturated heterocycles. The molecule has 0 radical (unpaired) electrons. The highest BCUT2D eigenvalue weighted by Gasteiger charge is 2.36. The number of ketones is 1. The summed E-state index contributed by atoms with van der Waals surface area (Å²) in [7, 11) is 2.99. The maximum atomic E-state index is 13.1. The Labute approximate surface area is 174 Å². The summed E-state index contributed by atoms with van der Waals surface area (Å²) in [4.78, 5) is 29.4. The lowest BCUT2D eigenvalue weighted by Gasteiger charge is -2.35. The van der Waals surface area contributed by atoms with Gasteiger partial charge >= 0.3 is 6.47 Å². The minimum atomic E-state index is -0.504. The maximum absolute atomic E-state index is 13.1. The molecule has 2 aromatic rings. The van der Waals surface area contributed by atoms with E-state index in [1.807, 2.05) is 30.3 Å². The molecule has 3 rings (SSSR count). The van der Waals surface area contributed by atoms with Crippen molar-refractivity contribution in [3.05, 3.63) is 59.8 Å². The molecular weight excluding hydrogens is 388 g/mol. The van der Waals surface area contributed by atoms with E-state index < -0.39 is 6.04 Å². The number of hydroxylamine groups is 1. The summed E-state index contributed by atoms with van der Waals surface area (Å²) in [5, 5.41) is 4.47. The molecule has 0 aromatic heterocycles. The number of methoxy groups -OCH3 is 2. The molecule has 158 valence electrons. The molecular formula is C22H24N2O6. The Bertz CT molecular complexity index is 929. The summed E-state index contributed by atoms with van der Waals surface area (Å²) in [6, 6.07) is 12.2.